The zero-order valence-electron chi connectivity index (χ0n) is 18.2. The zero-order chi connectivity index (χ0) is 22.3. The van der Waals surface area contributed by atoms with Gasteiger partial charge in [-0.1, -0.05) is 12.1 Å². The molecule has 0 spiro atoms. The number of hydrogen-bond donors (Lipinski definition) is 0. The number of carbonyl (C=O) groups is 1. The van der Waals surface area contributed by atoms with Gasteiger partial charge in [0.05, 0.1) is 29.2 Å². The highest BCUT2D eigenvalue weighted by Crippen LogP contribution is 2.35. The minimum absolute atomic E-state index is 0.00247. The van der Waals surface area contributed by atoms with E-state index in [2.05, 4.69) is 15.2 Å². The average Bonchev–Trinajstić information content (AvgIpc) is 3.27. The summed E-state index contributed by atoms with van der Waals surface area (Å²) >= 11 is 0. The molecular weight excluding hydrogens is 404 g/mol. The van der Waals surface area contributed by atoms with Crippen LogP contribution in [0.4, 0.5) is 8.78 Å². The quantitative estimate of drug-likeness (QED) is 0.601. The lowest BCUT2D eigenvalue weighted by molar-refractivity contribution is -0.136. The normalized spacial score (nSPS) is 16.4. The minimum atomic E-state index is -2.63. The van der Waals surface area contributed by atoms with Crippen LogP contribution in [0, 0.1) is 26.7 Å². The number of halogens is 2. The number of likely N-dealkylation sites (tertiary alicyclic amines) is 1. The van der Waals surface area contributed by atoms with Crippen LogP contribution in [0.15, 0.2) is 16.7 Å². The van der Waals surface area contributed by atoms with Gasteiger partial charge in [-0.2, -0.15) is 5.10 Å². The van der Waals surface area contributed by atoms with E-state index in [0.717, 1.165) is 11.4 Å². The molecule has 4 rings (SSSR count). The SMILES string of the molecule is Cc1cc(C)n(C[C@@H](C)C(=O)N2CCC(c3cc(C(F)F)c4c(C)noc4n3)CC2)n1. The van der Waals surface area contributed by atoms with Crippen molar-refractivity contribution in [1.29, 1.82) is 0 Å². The van der Waals surface area contributed by atoms with Gasteiger partial charge >= 0.3 is 0 Å². The molecule has 1 amide bonds. The van der Waals surface area contributed by atoms with Gasteiger partial charge in [-0.05, 0) is 45.7 Å². The molecule has 0 unspecified atom stereocenters. The number of carbonyl (C=O) groups excluding carboxylic acids is 1. The van der Waals surface area contributed by atoms with E-state index in [1.807, 2.05) is 36.4 Å². The number of fused-ring (bicyclic) bond motifs is 1. The van der Waals surface area contributed by atoms with Gasteiger partial charge in [0.1, 0.15) is 0 Å². The van der Waals surface area contributed by atoms with Gasteiger partial charge in [-0.3, -0.25) is 9.48 Å². The molecule has 1 aliphatic rings. The zero-order valence-corrected chi connectivity index (χ0v) is 18.2. The summed E-state index contributed by atoms with van der Waals surface area (Å²) in [6.07, 6.45) is -1.28. The molecule has 0 aliphatic carbocycles. The molecule has 1 fully saturated rings. The van der Waals surface area contributed by atoms with E-state index in [9.17, 15) is 13.6 Å². The van der Waals surface area contributed by atoms with Crippen molar-refractivity contribution >= 4 is 17.0 Å². The van der Waals surface area contributed by atoms with E-state index in [0.29, 0.717) is 49.2 Å². The van der Waals surface area contributed by atoms with Gasteiger partial charge in [0, 0.05) is 36.0 Å². The van der Waals surface area contributed by atoms with Crippen molar-refractivity contribution in [3.63, 3.8) is 0 Å². The maximum absolute atomic E-state index is 13.6. The molecule has 1 saturated heterocycles. The number of pyridine rings is 1. The third-order valence-electron chi connectivity index (χ3n) is 6.10. The molecule has 0 bridgehead atoms. The number of aryl methyl sites for hydroxylation is 3. The number of piperidine rings is 1. The molecule has 9 heteroatoms. The number of nitrogens with zero attached hydrogens (tertiary/aromatic N) is 5. The van der Waals surface area contributed by atoms with Crippen LogP contribution in [-0.2, 0) is 11.3 Å². The molecule has 166 valence electrons. The number of alkyl halides is 2. The van der Waals surface area contributed by atoms with Crippen molar-refractivity contribution in [2.45, 2.75) is 59.4 Å². The van der Waals surface area contributed by atoms with Gasteiger partial charge in [0.15, 0.2) is 0 Å². The highest BCUT2D eigenvalue weighted by molar-refractivity contribution is 5.80. The number of rotatable bonds is 5. The van der Waals surface area contributed by atoms with Gasteiger partial charge in [-0.15, -0.1) is 0 Å². The Morgan fingerprint density at radius 2 is 1.94 bits per heavy atom. The first-order valence-electron chi connectivity index (χ1n) is 10.6. The van der Waals surface area contributed by atoms with Gasteiger partial charge in [0.2, 0.25) is 5.91 Å². The summed E-state index contributed by atoms with van der Waals surface area (Å²) in [6.45, 7) is 9.16. The van der Waals surface area contributed by atoms with Crippen LogP contribution in [0.25, 0.3) is 11.1 Å². The van der Waals surface area contributed by atoms with Gasteiger partial charge in [0.25, 0.3) is 12.1 Å². The fourth-order valence-electron chi connectivity index (χ4n) is 4.43. The largest absolute Gasteiger partial charge is 0.342 e. The van der Waals surface area contributed by atoms with Crippen molar-refractivity contribution < 1.29 is 18.1 Å². The summed E-state index contributed by atoms with van der Waals surface area (Å²) in [5, 5.41) is 8.53. The van der Waals surface area contributed by atoms with Crippen LogP contribution in [0.1, 0.15) is 60.4 Å². The second kappa shape index (κ2) is 8.36. The number of aromatic nitrogens is 4. The Morgan fingerprint density at radius 1 is 1.23 bits per heavy atom. The Balaban J connectivity index is 1.43. The first kappa shape index (κ1) is 21.4. The van der Waals surface area contributed by atoms with E-state index in [4.69, 9.17) is 4.52 Å². The Hall–Kier alpha value is -2.84. The molecule has 31 heavy (non-hydrogen) atoms. The van der Waals surface area contributed by atoms with Crippen molar-refractivity contribution in [3.05, 3.63) is 40.5 Å². The molecule has 4 heterocycles. The van der Waals surface area contributed by atoms with Crippen LogP contribution in [0.5, 0.6) is 0 Å². The van der Waals surface area contributed by atoms with E-state index >= 15 is 0 Å². The van der Waals surface area contributed by atoms with E-state index in [1.165, 1.54) is 6.07 Å². The van der Waals surface area contributed by atoms with Crippen LogP contribution in [0.3, 0.4) is 0 Å². The van der Waals surface area contributed by atoms with Gasteiger partial charge < -0.3 is 9.42 Å². The van der Waals surface area contributed by atoms with Crippen LogP contribution in [0.2, 0.25) is 0 Å². The van der Waals surface area contributed by atoms with E-state index in [-0.39, 0.29) is 29.0 Å². The molecule has 0 radical (unpaired) electrons. The summed E-state index contributed by atoms with van der Waals surface area (Å²) < 4.78 is 34.3. The highest BCUT2D eigenvalue weighted by atomic mass is 19.3. The lowest BCUT2D eigenvalue weighted by atomic mass is 9.91. The van der Waals surface area contributed by atoms with Crippen molar-refractivity contribution in [2.24, 2.45) is 5.92 Å². The predicted molar refractivity (Wildman–Crippen MR) is 111 cm³/mol. The summed E-state index contributed by atoms with van der Waals surface area (Å²) in [4.78, 5) is 19.2. The maximum atomic E-state index is 13.6. The van der Waals surface area contributed by atoms with Crippen molar-refractivity contribution in [1.82, 2.24) is 24.8 Å². The minimum Gasteiger partial charge on any atom is -0.342 e. The molecule has 0 aromatic carbocycles. The molecule has 7 nitrogen and oxygen atoms in total. The summed E-state index contributed by atoms with van der Waals surface area (Å²) in [5.41, 5.74) is 3.04. The molecular formula is C22H27F2N5O2. The summed E-state index contributed by atoms with van der Waals surface area (Å²) in [7, 11) is 0. The monoisotopic (exact) mass is 431 g/mol. The lowest BCUT2D eigenvalue weighted by Crippen LogP contribution is -2.42. The van der Waals surface area contributed by atoms with Crippen molar-refractivity contribution in [3.8, 4) is 0 Å². The molecule has 3 aromatic heterocycles. The second-order valence-corrected chi connectivity index (χ2v) is 8.49. The molecule has 0 N–H and O–H groups in total. The topological polar surface area (TPSA) is 77.0 Å². The highest BCUT2D eigenvalue weighted by Gasteiger charge is 2.29. The fourth-order valence-corrected chi connectivity index (χ4v) is 4.43. The Bertz CT molecular complexity index is 1100. The molecule has 1 atom stereocenters. The van der Waals surface area contributed by atoms with Crippen LogP contribution >= 0.6 is 0 Å². The van der Waals surface area contributed by atoms with E-state index < -0.39 is 6.43 Å². The van der Waals surface area contributed by atoms with Gasteiger partial charge in [-0.25, -0.2) is 13.8 Å². The Labute approximate surface area is 179 Å². The third-order valence-corrected chi connectivity index (χ3v) is 6.10. The second-order valence-electron chi connectivity index (χ2n) is 8.49. The summed E-state index contributed by atoms with van der Waals surface area (Å²) in [5.74, 6) is -0.0946. The van der Waals surface area contributed by atoms with Crippen LogP contribution in [-0.4, -0.2) is 43.8 Å². The predicted octanol–water partition coefficient (Wildman–Crippen LogP) is 4.32. The first-order valence-corrected chi connectivity index (χ1v) is 10.6. The third kappa shape index (κ3) is 4.18. The fraction of sp³-hybridized carbons (Fsp3) is 0.545. The average molecular weight is 431 g/mol. The number of amides is 1. The molecule has 1 aliphatic heterocycles. The Kier molecular flexibility index (Phi) is 5.77. The van der Waals surface area contributed by atoms with Crippen molar-refractivity contribution in [2.75, 3.05) is 13.1 Å². The van der Waals surface area contributed by atoms with Crippen LogP contribution < -0.4 is 0 Å². The lowest BCUT2D eigenvalue weighted by Gasteiger charge is -2.33. The van der Waals surface area contributed by atoms with E-state index in [1.54, 1.807) is 6.92 Å². The smallest absolute Gasteiger partial charge is 0.264 e. The first-order chi connectivity index (χ1) is 14.7. The molecule has 0 saturated carbocycles. The number of hydrogen-bond acceptors (Lipinski definition) is 5. The maximum Gasteiger partial charge on any atom is 0.264 e. The standard InChI is InChI=1S/C22H27F2N5O2/c1-12(11-29-14(3)9-13(2)26-29)22(30)28-7-5-16(6-8-28)18-10-17(20(23)24)19-15(4)27-31-21(19)25-18/h9-10,12,16,20H,5-8,11H2,1-4H3/t12-/m1/s1. The molecule has 3 aromatic rings. The Morgan fingerprint density at radius 3 is 2.55 bits per heavy atom. The summed E-state index contributed by atoms with van der Waals surface area (Å²) in [6, 6.07) is 3.47.